The van der Waals surface area contributed by atoms with E-state index in [1.165, 1.54) is 5.56 Å². The normalized spacial score (nSPS) is 12.5. The number of amides is 2. The van der Waals surface area contributed by atoms with E-state index in [4.69, 9.17) is 11.6 Å². The molecule has 0 aliphatic carbocycles. The Bertz CT molecular complexity index is 1080. The molecule has 0 radical (unpaired) electrons. The van der Waals surface area contributed by atoms with Crippen LogP contribution in [0.3, 0.4) is 0 Å². The summed E-state index contributed by atoms with van der Waals surface area (Å²) in [5.74, 6) is 1.40. The van der Waals surface area contributed by atoms with E-state index in [2.05, 4.69) is 17.4 Å². The van der Waals surface area contributed by atoms with Crippen LogP contribution in [-0.2, 0) is 28.3 Å². The van der Waals surface area contributed by atoms with Gasteiger partial charge in [-0.05, 0) is 42.2 Å². The SMILES string of the molecule is CC[C@H](C)NC(=O)[C@H](Cc1ccccc1)N(Cc1ccc(Cl)cc1)C(=O)CCSCc1ccccc1. The Morgan fingerprint density at radius 3 is 2.11 bits per heavy atom. The average Bonchev–Trinajstić information content (AvgIpc) is 2.90. The summed E-state index contributed by atoms with van der Waals surface area (Å²) in [6.45, 7) is 4.38. The van der Waals surface area contributed by atoms with Crippen molar-refractivity contribution in [1.29, 1.82) is 0 Å². The van der Waals surface area contributed by atoms with Crippen molar-refractivity contribution in [1.82, 2.24) is 10.2 Å². The molecule has 0 fully saturated rings. The van der Waals surface area contributed by atoms with Gasteiger partial charge in [0.2, 0.25) is 11.8 Å². The number of hydrogen-bond donors (Lipinski definition) is 1. The van der Waals surface area contributed by atoms with Crippen LogP contribution in [0.5, 0.6) is 0 Å². The predicted molar refractivity (Wildman–Crippen MR) is 151 cm³/mol. The number of rotatable bonds is 13. The molecule has 0 aliphatic heterocycles. The lowest BCUT2D eigenvalue weighted by molar-refractivity contribution is -0.141. The largest absolute Gasteiger partial charge is 0.352 e. The fourth-order valence-electron chi connectivity index (χ4n) is 3.85. The minimum atomic E-state index is -0.608. The summed E-state index contributed by atoms with van der Waals surface area (Å²) in [6, 6.07) is 27.0. The van der Waals surface area contributed by atoms with Gasteiger partial charge in [-0.15, -0.1) is 0 Å². The van der Waals surface area contributed by atoms with Gasteiger partial charge in [-0.3, -0.25) is 9.59 Å². The first kappa shape index (κ1) is 27.8. The molecule has 0 spiro atoms. The van der Waals surface area contributed by atoms with Crippen molar-refractivity contribution < 1.29 is 9.59 Å². The van der Waals surface area contributed by atoms with Crippen molar-refractivity contribution in [2.75, 3.05) is 5.75 Å². The van der Waals surface area contributed by atoms with Crippen molar-refractivity contribution in [2.45, 2.75) is 57.5 Å². The monoisotopic (exact) mass is 522 g/mol. The minimum absolute atomic E-state index is 0.0225. The van der Waals surface area contributed by atoms with E-state index in [1.807, 2.05) is 86.6 Å². The third kappa shape index (κ3) is 9.03. The molecule has 3 rings (SSSR count). The summed E-state index contributed by atoms with van der Waals surface area (Å²) in [5, 5.41) is 3.75. The van der Waals surface area contributed by atoms with Gasteiger partial charge >= 0.3 is 0 Å². The molecule has 4 nitrogen and oxygen atoms in total. The van der Waals surface area contributed by atoms with Crippen LogP contribution in [0.1, 0.15) is 43.4 Å². The molecule has 36 heavy (non-hydrogen) atoms. The average molecular weight is 523 g/mol. The maximum Gasteiger partial charge on any atom is 0.243 e. The molecule has 1 N–H and O–H groups in total. The highest BCUT2D eigenvalue weighted by Gasteiger charge is 2.30. The Labute approximate surface area is 224 Å². The van der Waals surface area contributed by atoms with Crippen LogP contribution < -0.4 is 5.32 Å². The molecule has 0 bridgehead atoms. The Balaban J connectivity index is 1.80. The van der Waals surface area contributed by atoms with Crippen LogP contribution >= 0.6 is 23.4 Å². The van der Waals surface area contributed by atoms with Crippen LogP contribution in [0.4, 0.5) is 0 Å². The Hall–Kier alpha value is -2.76. The smallest absolute Gasteiger partial charge is 0.243 e. The Morgan fingerprint density at radius 1 is 0.889 bits per heavy atom. The molecule has 3 aromatic rings. The molecule has 2 amide bonds. The van der Waals surface area contributed by atoms with E-state index in [-0.39, 0.29) is 17.9 Å². The summed E-state index contributed by atoms with van der Waals surface area (Å²) in [4.78, 5) is 28.9. The van der Waals surface area contributed by atoms with Gasteiger partial charge in [0.1, 0.15) is 6.04 Å². The molecular weight excluding hydrogens is 488 g/mol. The number of nitrogens with zero attached hydrogens (tertiary/aromatic N) is 1. The van der Waals surface area contributed by atoms with E-state index in [1.54, 1.807) is 16.7 Å². The van der Waals surface area contributed by atoms with Crippen LogP contribution in [0.25, 0.3) is 0 Å². The van der Waals surface area contributed by atoms with Gasteiger partial charge in [-0.2, -0.15) is 11.8 Å². The van der Waals surface area contributed by atoms with E-state index < -0.39 is 6.04 Å². The number of thioether (sulfide) groups is 1. The quantitative estimate of drug-likeness (QED) is 0.260. The van der Waals surface area contributed by atoms with Crippen LogP contribution in [0.2, 0.25) is 5.02 Å². The van der Waals surface area contributed by atoms with Gasteiger partial charge < -0.3 is 10.2 Å². The predicted octanol–water partition coefficient (Wildman–Crippen LogP) is 6.52. The third-order valence-electron chi connectivity index (χ3n) is 6.11. The number of nitrogens with one attached hydrogen (secondary N) is 1. The highest BCUT2D eigenvalue weighted by molar-refractivity contribution is 7.98. The van der Waals surface area contributed by atoms with Gasteiger partial charge in [0.05, 0.1) is 0 Å². The highest BCUT2D eigenvalue weighted by Crippen LogP contribution is 2.19. The lowest BCUT2D eigenvalue weighted by Crippen LogP contribution is -2.52. The fraction of sp³-hybridized carbons (Fsp3) is 0.333. The van der Waals surface area contributed by atoms with Crippen LogP contribution in [0, 0.1) is 0 Å². The first-order chi connectivity index (χ1) is 17.5. The number of benzene rings is 3. The molecule has 190 valence electrons. The number of carbonyl (C=O) groups excluding carboxylic acids is 2. The van der Waals surface area contributed by atoms with Crippen molar-refractivity contribution in [3.05, 3.63) is 107 Å². The molecule has 0 heterocycles. The summed E-state index contributed by atoms with van der Waals surface area (Å²) in [5.41, 5.74) is 3.20. The fourth-order valence-corrected chi connectivity index (χ4v) is 4.87. The summed E-state index contributed by atoms with van der Waals surface area (Å²) in [6.07, 6.45) is 1.65. The van der Waals surface area contributed by atoms with Gasteiger partial charge in [0.15, 0.2) is 0 Å². The van der Waals surface area contributed by atoms with E-state index in [0.717, 1.165) is 23.3 Å². The topological polar surface area (TPSA) is 49.4 Å². The van der Waals surface area contributed by atoms with Gasteiger partial charge in [-0.25, -0.2) is 0 Å². The maximum atomic E-state index is 13.6. The van der Waals surface area contributed by atoms with Crippen molar-refractivity contribution in [3.8, 4) is 0 Å². The highest BCUT2D eigenvalue weighted by atomic mass is 35.5. The zero-order valence-corrected chi connectivity index (χ0v) is 22.6. The van der Waals surface area contributed by atoms with Gasteiger partial charge in [0.25, 0.3) is 0 Å². The van der Waals surface area contributed by atoms with E-state index >= 15 is 0 Å². The standard InChI is InChI=1S/C30H35ClN2O2S/c1-3-23(2)32-30(35)28(20-24-10-6-4-7-11-24)33(21-25-14-16-27(31)17-15-25)29(34)18-19-36-22-26-12-8-5-9-13-26/h4-17,23,28H,3,18-22H2,1-2H3,(H,32,35)/t23-,28-/m0/s1. The molecule has 6 heteroatoms. The summed E-state index contributed by atoms with van der Waals surface area (Å²) in [7, 11) is 0. The molecule has 0 saturated carbocycles. The summed E-state index contributed by atoms with van der Waals surface area (Å²) < 4.78 is 0. The van der Waals surface area contributed by atoms with E-state index in [9.17, 15) is 9.59 Å². The second-order valence-electron chi connectivity index (χ2n) is 8.96. The molecule has 2 atom stereocenters. The second kappa shape index (κ2) is 14.7. The lowest BCUT2D eigenvalue weighted by atomic mass is 10.0. The molecule has 3 aromatic carbocycles. The molecule has 0 aromatic heterocycles. The first-order valence-corrected chi connectivity index (χ1v) is 14.0. The van der Waals surface area contributed by atoms with Crippen LogP contribution in [-0.4, -0.2) is 34.6 Å². The molecule has 0 unspecified atom stereocenters. The number of hydrogen-bond acceptors (Lipinski definition) is 3. The van der Waals surface area contributed by atoms with Crippen molar-refractivity contribution >= 4 is 35.2 Å². The molecule has 0 saturated heterocycles. The Kier molecular flexibility index (Phi) is 11.4. The van der Waals surface area contributed by atoms with E-state index in [0.29, 0.717) is 30.2 Å². The Morgan fingerprint density at radius 2 is 1.50 bits per heavy atom. The maximum absolute atomic E-state index is 13.6. The molecular formula is C30H35ClN2O2S. The zero-order valence-electron chi connectivity index (χ0n) is 21.0. The number of carbonyl (C=O) groups is 2. The van der Waals surface area contributed by atoms with Crippen molar-refractivity contribution in [2.24, 2.45) is 0 Å². The minimum Gasteiger partial charge on any atom is -0.352 e. The van der Waals surface area contributed by atoms with Gasteiger partial charge in [0, 0.05) is 42.0 Å². The first-order valence-electron chi connectivity index (χ1n) is 12.5. The van der Waals surface area contributed by atoms with Crippen LogP contribution in [0.15, 0.2) is 84.9 Å². The van der Waals surface area contributed by atoms with Crippen molar-refractivity contribution in [3.63, 3.8) is 0 Å². The lowest BCUT2D eigenvalue weighted by Gasteiger charge is -2.32. The van der Waals surface area contributed by atoms with Gasteiger partial charge in [-0.1, -0.05) is 91.3 Å². The number of halogens is 1. The summed E-state index contributed by atoms with van der Waals surface area (Å²) >= 11 is 7.83. The molecule has 0 aliphatic rings. The zero-order chi connectivity index (χ0) is 25.8. The third-order valence-corrected chi connectivity index (χ3v) is 7.39. The second-order valence-corrected chi connectivity index (χ2v) is 10.5.